The van der Waals surface area contributed by atoms with E-state index in [-0.39, 0.29) is 5.91 Å². The summed E-state index contributed by atoms with van der Waals surface area (Å²) in [4.78, 5) is 14.1. The second-order valence-electron chi connectivity index (χ2n) is 4.73. The molecule has 20 heavy (non-hydrogen) atoms. The lowest BCUT2D eigenvalue weighted by Crippen LogP contribution is -2.35. The van der Waals surface area contributed by atoms with Crippen molar-refractivity contribution in [2.45, 2.75) is 6.42 Å². The van der Waals surface area contributed by atoms with Gasteiger partial charge in [0.15, 0.2) is 0 Å². The summed E-state index contributed by atoms with van der Waals surface area (Å²) in [6.45, 7) is 4.09. The third kappa shape index (κ3) is 4.20. The Kier molecular flexibility index (Phi) is 5.36. The highest BCUT2D eigenvalue weighted by atomic mass is 35.5. The van der Waals surface area contributed by atoms with Crippen molar-refractivity contribution in [1.29, 1.82) is 5.26 Å². The highest BCUT2D eigenvalue weighted by molar-refractivity contribution is 6.32. The minimum atomic E-state index is -0.0623. The molecule has 1 aliphatic rings. The Labute approximate surface area is 123 Å². The Balaban J connectivity index is 1.90. The van der Waals surface area contributed by atoms with Crippen LogP contribution in [0, 0.1) is 11.3 Å². The fraction of sp³-hybridized carbons (Fsp3) is 0.429. The minimum absolute atomic E-state index is 0.0623. The van der Waals surface area contributed by atoms with Crippen LogP contribution in [0.1, 0.15) is 12.0 Å². The van der Waals surface area contributed by atoms with E-state index in [1.54, 1.807) is 18.2 Å². The van der Waals surface area contributed by atoms with Gasteiger partial charge in [0.2, 0.25) is 5.91 Å². The van der Waals surface area contributed by atoms with Crippen molar-refractivity contribution < 1.29 is 4.79 Å². The lowest BCUT2D eigenvalue weighted by atomic mass is 10.2. The topological polar surface area (TPSA) is 68.2 Å². The van der Waals surface area contributed by atoms with Crippen LogP contribution in [-0.4, -0.2) is 43.5 Å². The number of nitrogens with one attached hydrogen (secondary N) is 2. The van der Waals surface area contributed by atoms with Crippen molar-refractivity contribution in [3.05, 3.63) is 28.8 Å². The van der Waals surface area contributed by atoms with Gasteiger partial charge in [0, 0.05) is 18.8 Å². The fourth-order valence-electron chi connectivity index (χ4n) is 2.15. The van der Waals surface area contributed by atoms with Crippen LogP contribution in [0.5, 0.6) is 0 Å². The van der Waals surface area contributed by atoms with Gasteiger partial charge < -0.3 is 10.6 Å². The van der Waals surface area contributed by atoms with Gasteiger partial charge in [0.1, 0.15) is 6.07 Å². The molecule has 0 unspecified atom stereocenters. The zero-order chi connectivity index (χ0) is 14.4. The van der Waals surface area contributed by atoms with Gasteiger partial charge in [-0.1, -0.05) is 11.6 Å². The van der Waals surface area contributed by atoms with E-state index in [0.717, 1.165) is 32.6 Å². The monoisotopic (exact) mass is 292 g/mol. The van der Waals surface area contributed by atoms with Crippen LogP contribution in [0.25, 0.3) is 0 Å². The summed E-state index contributed by atoms with van der Waals surface area (Å²) in [6.07, 6.45) is 1.05. The second-order valence-corrected chi connectivity index (χ2v) is 5.14. The van der Waals surface area contributed by atoms with Crippen LogP contribution in [0.15, 0.2) is 18.2 Å². The molecule has 2 rings (SSSR count). The van der Waals surface area contributed by atoms with Gasteiger partial charge in [-0.25, -0.2) is 0 Å². The minimum Gasteiger partial charge on any atom is -0.325 e. The average molecular weight is 293 g/mol. The quantitative estimate of drug-likeness (QED) is 0.885. The number of hydrogen-bond acceptors (Lipinski definition) is 4. The summed E-state index contributed by atoms with van der Waals surface area (Å²) in [5.41, 5.74) is 1.02. The maximum atomic E-state index is 12.0. The molecule has 2 N–H and O–H groups in total. The number of carbonyl (C=O) groups is 1. The van der Waals surface area contributed by atoms with Crippen LogP contribution >= 0.6 is 11.6 Å². The molecule has 0 spiro atoms. The van der Waals surface area contributed by atoms with Crippen molar-refractivity contribution in [1.82, 2.24) is 10.2 Å². The maximum Gasteiger partial charge on any atom is 0.238 e. The van der Waals surface area contributed by atoms with E-state index in [2.05, 4.69) is 15.5 Å². The summed E-state index contributed by atoms with van der Waals surface area (Å²) in [6, 6.07) is 6.88. The van der Waals surface area contributed by atoms with Gasteiger partial charge in [-0.05, 0) is 37.7 Å². The molecule has 1 aromatic rings. The molecule has 0 atom stereocenters. The third-order valence-electron chi connectivity index (χ3n) is 3.17. The van der Waals surface area contributed by atoms with Gasteiger partial charge in [0.25, 0.3) is 0 Å². The molecule has 0 aromatic heterocycles. The molecule has 0 saturated carbocycles. The first-order valence-corrected chi connectivity index (χ1v) is 6.99. The van der Waals surface area contributed by atoms with Crippen LogP contribution in [0.2, 0.25) is 5.02 Å². The summed E-state index contributed by atoms with van der Waals surface area (Å²) in [5.74, 6) is -0.0623. The zero-order valence-electron chi connectivity index (χ0n) is 11.2. The standard InChI is InChI=1S/C14H17ClN4O/c15-13-8-12(3-2-11(13)9-16)18-14(20)10-19-6-1-4-17-5-7-19/h2-3,8,17H,1,4-7,10H2,(H,18,20). The Hall–Kier alpha value is -1.61. The molecule has 1 heterocycles. The first kappa shape index (κ1) is 14.8. The number of carbonyl (C=O) groups excluding carboxylic acids is 1. The van der Waals surface area contributed by atoms with E-state index < -0.39 is 0 Å². The van der Waals surface area contributed by atoms with E-state index in [9.17, 15) is 4.79 Å². The largest absolute Gasteiger partial charge is 0.325 e. The van der Waals surface area contributed by atoms with Crippen molar-refractivity contribution in [3.63, 3.8) is 0 Å². The zero-order valence-corrected chi connectivity index (χ0v) is 11.9. The Morgan fingerprint density at radius 3 is 3.05 bits per heavy atom. The molecule has 5 nitrogen and oxygen atoms in total. The third-order valence-corrected chi connectivity index (χ3v) is 3.49. The van der Waals surface area contributed by atoms with Crippen LogP contribution in [0.3, 0.4) is 0 Å². The molecular formula is C14H17ClN4O. The van der Waals surface area contributed by atoms with Gasteiger partial charge in [-0.15, -0.1) is 0 Å². The Bertz CT molecular complexity index is 518. The van der Waals surface area contributed by atoms with E-state index >= 15 is 0 Å². The van der Waals surface area contributed by atoms with Gasteiger partial charge in [-0.2, -0.15) is 5.26 Å². The van der Waals surface area contributed by atoms with Gasteiger partial charge in [0.05, 0.1) is 17.1 Å². The number of nitriles is 1. The molecular weight excluding hydrogens is 276 g/mol. The fourth-order valence-corrected chi connectivity index (χ4v) is 2.37. The summed E-state index contributed by atoms with van der Waals surface area (Å²) in [5, 5.41) is 15.3. The lowest BCUT2D eigenvalue weighted by molar-refractivity contribution is -0.117. The van der Waals surface area contributed by atoms with Gasteiger partial charge >= 0.3 is 0 Å². The summed E-state index contributed by atoms with van der Waals surface area (Å²) >= 11 is 5.93. The number of hydrogen-bond donors (Lipinski definition) is 2. The van der Waals surface area contributed by atoms with Crippen molar-refractivity contribution in [2.75, 3.05) is 38.0 Å². The smallest absolute Gasteiger partial charge is 0.238 e. The second kappa shape index (κ2) is 7.25. The molecule has 1 saturated heterocycles. The average Bonchev–Trinajstić information content (AvgIpc) is 2.67. The number of rotatable bonds is 3. The van der Waals surface area contributed by atoms with E-state index in [4.69, 9.17) is 16.9 Å². The predicted octanol–water partition coefficient (Wildman–Crippen LogP) is 1.45. The van der Waals surface area contributed by atoms with Crippen molar-refractivity contribution in [2.24, 2.45) is 0 Å². The summed E-state index contributed by atoms with van der Waals surface area (Å²) < 4.78 is 0. The molecule has 1 aromatic carbocycles. The molecule has 0 bridgehead atoms. The normalized spacial score (nSPS) is 16.2. The van der Waals surface area contributed by atoms with Crippen LogP contribution in [0.4, 0.5) is 5.69 Å². The number of amides is 1. The van der Waals surface area contributed by atoms with Gasteiger partial charge in [-0.3, -0.25) is 9.69 Å². The highest BCUT2D eigenvalue weighted by Gasteiger charge is 2.13. The summed E-state index contributed by atoms with van der Waals surface area (Å²) in [7, 11) is 0. The predicted molar refractivity (Wildman–Crippen MR) is 78.7 cm³/mol. The SMILES string of the molecule is N#Cc1ccc(NC(=O)CN2CCCNCC2)cc1Cl. The first-order valence-electron chi connectivity index (χ1n) is 6.61. The molecule has 0 radical (unpaired) electrons. The molecule has 1 amide bonds. The molecule has 1 aliphatic heterocycles. The lowest BCUT2D eigenvalue weighted by Gasteiger charge is -2.18. The maximum absolute atomic E-state index is 12.0. The highest BCUT2D eigenvalue weighted by Crippen LogP contribution is 2.20. The van der Waals surface area contributed by atoms with Crippen LogP contribution < -0.4 is 10.6 Å². The molecule has 1 fully saturated rings. The first-order chi connectivity index (χ1) is 9.69. The van der Waals surface area contributed by atoms with Crippen molar-refractivity contribution >= 4 is 23.2 Å². The van der Waals surface area contributed by atoms with E-state index in [1.807, 2.05) is 6.07 Å². The number of nitrogens with zero attached hydrogens (tertiary/aromatic N) is 2. The molecule has 0 aliphatic carbocycles. The molecule has 106 valence electrons. The van der Waals surface area contributed by atoms with E-state index in [1.165, 1.54) is 0 Å². The number of halogens is 1. The molecule has 6 heteroatoms. The number of anilines is 1. The van der Waals surface area contributed by atoms with Crippen LogP contribution in [-0.2, 0) is 4.79 Å². The van der Waals surface area contributed by atoms with Crippen molar-refractivity contribution in [3.8, 4) is 6.07 Å². The van der Waals surface area contributed by atoms with E-state index in [0.29, 0.717) is 22.8 Å². The Morgan fingerprint density at radius 2 is 2.30 bits per heavy atom. The Morgan fingerprint density at radius 1 is 1.45 bits per heavy atom. The number of benzene rings is 1.